The quantitative estimate of drug-likeness (QED) is 0.895. The molecule has 3 atom stereocenters. The van der Waals surface area contributed by atoms with Gasteiger partial charge in [0.2, 0.25) is 5.91 Å². The lowest BCUT2D eigenvalue weighted by atomic mass is 9.86. The van der Waals surface area contributed by atoms with E-state index < -0.39 is 0 Å². The first-order chi connectivity index (χ1) is 9.99. The number of benzene rings is 1. The maximum Gasteiger partial charge on any atom is 0.238 e. The van der Waals surface area contributed by atoms with E-state index in [0.717, 1.165) is 17.8 Å². The molecule has 0 radical (unpaired) electrons. The van der Waals surface area contributed by atoms with Crippen LogP contribution in [-0.4, -0.2) is 29.9 Å². The van der Waals surface area contributed by atoms with Crippen molar-refractivity contribution in [1.82, 2.24) is 4.90 Å². The fraction of sp³-hybridized carbons (Fsp3) is 0.588. The highest BCUT2D eigenvalue weighted by Gasteiger charge is 2.29. The maximum atomic E-state index is 12.3. The van der Waals surface area contributed by atoms with Crippen molar-refractivity contribution in [3.05, 3.63) is 29.8 Å². The minimum Gasteiger partial charge on any atom is -0.326 e. The first-order valence-electron chi connectivity index (χ1n) is 7.82. The van der Waals surface area contributed by atoms with Gasteiger partial charge in [0.05, 0.1) is 6.54 Å². The summed E-state index contributed by atoms with van der Waals surface area (Å²) in [6.45, 7) is 8.71. The van der Waals surface area contributed by atoms with Crippen molar-refractivity contribution in [3.63, 3.8) is 0 Å². The second kappa shape index (κ2) is 7.05. The summed E-state index contributed by atoms with van der Waals surface area (Å²) in [5, 5.41) is 2.98. The zero-order chi connectivity index (χ0) is 15.4. The van der Waals surface area contributed by atoms with E-state index in [1.165, 1.54) is 6.42 Å². The van der Waals surface area contributed by atoms with Gasteiger partial charge in [-0.2, -0.15) is 0 Å². The maximum absolute atomic E-state index is 12.3. The minimum atomic E-state index is 0.0531. The zero-order valence-electron chi connectivity index (χ0n) is 13.3. The van der Waals surface area contributed by atoms with Crippen LogP contribution in [0.25, 0.3) is 0 Å². The average molecular weight is 289 g/mol. The summed E-state index contributed by atoms with van der Waals surface area (Å²) in [5.41, 5.74) is 7.48. The van der Waals surface area contributed by atoms with Gasteiger partial charge in [0.15, 0.2) is 0 Å². The Hall–Kier alpha value is -1.39. The Morgan fingerprint density at radius 3 is 2.86 bits per heavy atom. The van der Waals surface area contributed by atoms with Gasteiger partial charge in [0.1, 0.15) is 0 Å². The Morgan fingerprint density at radius 1 is 1.38 bits per heavy atom. The summed E-state index contributed by atoms with van der Waals surface area (Å²) in [6.07, 6.45) is 1.25. The molecule has 1 fully saturated rings. The van der Waals surface area contributed by atoms with E-state index in [2.05, 4.69) is 31.0 Å². The van der Waals surface area contributed by atoms with Crippen molar-refractivity contribution in [1.29, 1.82) is 0 Å². The summed E-state index contributed by atoms with van der Waals surface area (Å²) in [7, 11) is 0. The van der Waals surface area contributed by atoms with E-state index in [4.69, 9.17) is 5.73 Å². The topological polar surface area (TPSA) is 58.4 Å². The van der Waals surface area contributed by atoms with Crippen LogP contribution in [-0.2, 0) is 11.3 Å². The number of amides is 1. The van der Waals surface area contributed by atoms with Gasteiger partial charge < -0.3 is 11.1 Å². The molecule has 4 heteroatoms. The molecule has 3 unspecified atom stereocenters. The van der Waals surface area contributed by atoms with Gasteiger partial charge in [-0.15, -0.1) is 0 Å². The molecule has 0 aromatic heterocycles. The molecule has 4 nitrogen and oxygen atoms in total. The van der Waals surface area contributed by atoms with E-state index in [0.29, 0.717) is 31.0 Å². The molecule has 0 saturated carbocycles. The molecule has 116 valence electrons. The first kappa shape index (κ1) is 16.0. The second-order valence-corrected chi connectivity index (χ2v) is 6.44. The number of nitrogens with two attached hydrogens (primary N) is 1. The molecule has 0 aliphatic carbocycles. The molecule has 0 spiro atoms. The van der Waals surface area contributed by atoms with Crippen LogP contribution in [0.1, 0.15) is 32.8 Å². The number of carbonyl (C=O) groups is 1. The second-order valence-electron chi connectivity index (χ2n) is 6.44. The third kappa shape index (κ3) is 4.29. The molecule has 0 bridgehead atoms. The van der Waals surface area contributed by atoms with Gasteiger partial charge in [0.25, 0.3) is 0 Å². The van der Waals surface area contributed by atoms with Crippen LogP contribution in [0.4, 0.5) is 5.69 Å². The highest BCUT2D eigenvalue weighted by atomic mass is 16.2. The van der Waals surface area contributed by atoms with E-state index in [-0.39, 0.29) is 5.91 Å². The molecule has 1 amide bonds. The van der Waals surface area contributed by atoms with Gasteiger partial charge >= 0.3 is 0 Å². The number of hydrogen-bond donors (Lipinski definition) is 2. The number of nitrogens with zero attached hydrogens (tertiary/aromatic N) is 1. The number of likely N-dealkylation sites (tertiary alicyclic amines) is 1. The van der Waals surface area contributed by atoms with Crippen LogP contribution >= 0.6 is 0 Å². The normalized spacial score (nSPS) is 26.6. The Balaban J connectivity index is 1.94. The summed E-state index contributed by atoms with van der Waals surface area (Å²) in [5.74, 6) is 1.35. The number of anilines is 1. The number of piperidine rings is 1. The van der Waals surface area contributed by atoms with Gasteiger partial charge in [-0.1, -0.05) is 26.0 Å². The molecule has 1 saturated heterocycles. The van der Waals surface area contributed by atoms with E-state index in [1.54, 1.807) is 0 Å². The molecule has 3 N–H and O–H groups in total. The minimum absolute atomic E-state index is 0.0531. The zero-order valence-corrected chi connectivity index (χ0v) is 13.3. The summed E-state index contributed by atoms with van der Waals surface area (Å²) in [6, 6.07) is 8.18. The highest BCUT2D eigenvalue weighted by molar-refractivity contribution is 5.92. The van der Waals surface area contributed by atoms with Crippen LogP contribution in [0.5, 0.6) is 0 Å². The van der Waals surface area contributed by atoms with Crippen molar-refractivity contribution in [3.8, 4) is 0 Å². The average Bonchev–Trinajstić information content (AvgIpc) is 2.44. The fourth-order valence-electron chi connectivity index (χ4n) is 3.20. The third-order valence-corrected chi connectivity index (χ3v) is 4.51. The summed E-state index contributed by atoms with van der Waals surface area (Å²) >= 11 is 0. The molecular formula is C17H27N3O. The highest BCUT2D eigenvalue weighted by Crippen LogP contribution is 2.26. The molecular weight excluding hydrogens is 262 g/mol. The third-order valence-electron chi connectivity index (χ3n) is 4.51. The predicted molar refractivity (Wildman–Crippen MR) is 86.9 cm³/mol. The smallest absolute Gasteiger partial charge is 0.238 e. The number of hydrogen-bond acceptors (Lipinski definition) is 3. The Morgan fingerprint density at radius 2 is 2.14 bits per heavy atom. The first-order valence-corrected chi connectivity index (χ1v) is 7.82. The Labute approximate surface area is 127 Å². The molecule has 1 aromatic rings. The molecule has 1 aromatic carbocycles. The standard InChI is InChI=1S/C17H27N3O/c1-12-7-13(2)14(3)20(10-12)11-17(21)19-16-6-4-5-15(8-16)9-18/h4-6,8,12-14H,7,9-11,18H2,1-3H3,(H,19,21). The molecule has 21 heavy (non-hydrogen) atoms. The van der Waals surface area contributed by atoms with Crippen LogP contribution in [0.2, 0.25) is 0 Å². The SMILES string of the molecule is CC1CC(C)C(C)N(CC(=O)Nc2cccc(CN)c2)C1. The lowest BCUT2D eigenvalue weighted by molar-refractivity contribution is -0.118. The van der Waals surface area contributed by atoms with Gasteiger partial charge in [-0.3, -0.25) is 9.69 Å². The fourth-order valence-corrected chi connectivity index (χ4v) is 3.20. The van der Waals surface area contributed by atoms with Crippen molar-refractivity contribution in [2.75, 3.05) is 18.4 Å². The van der Waals surface area contributed by atoms with Gasteiger partial charge in [-0.25, -0.2) is 0 Å². The lowest BCUT2D eigenvalue weighted by Gasteiger charge is -2.40. The van der Waals surface area contributed by atoms with Crippen LogP contribution < -0.4 is 11.1 Å². The van der Waals surface area contributed by atoms with Crippen molar-refractivity contribution < 1.29 is 4.79 Å². The largest absolute Gasteiger partial charge is 0.326 e. The van der Waals surface area contributed by atoms with E-state index >= 15 is 0 Å². The van der Waals surface area contributed by atoms with Crippen molar-refractivity contribution in [2.45, 2.75) is 39.8 Å². The van der Waals surface area contributed by atoms with Gasteiger partial charge in [-0.05, 0) is 42.9 Å². The van der Waals surface area contributed by atoms with E-state index in [9.17, 15) is 4.79 Å². The Bertz CT molecular complexity index is 489. The molecule has 1 aliphatic rings. The van der Waals surface area contributed by atoms with Crippen LogP contribution in [0.15, 0.2) is 24.3 Å². The van der Waals surface area contributed by atoms with Crippen LogP contribution in [0.3, 0.4) is 0 Å². The van der Waals surface area contributed by atoms with E-state index in [1.807, 2.05) is 24.3 Å². The predicted octanol–water partition coefficient (Wildman–Crippen LogP) is 2.45. The molecule has 1 aliphatic heterocycles. The molecule has 2 rings (SSSR count). The number of nitrogens with one attached hydrogen (secondary N) is 1. The number of carbonyl (C=O) groups excluding carboxylic acids is 1. The monoisotopic (exact) mass is 289 g/mol. The van der Waals surface area contributed by atoms with Crippen molar-refractivity contribution in [2.24, 2.45) is 17.6 Å². The van der Waals surface area contributed by atoms with Gasteiger partial charge in [0, 0.05) is 24.8 Å². The molecule has 1 heterocycles. The number of rotatable bonds is 4. The van der Waals surface area contributed by atoms with Crippen LogP contribution in [0, 0.1) is 11.8 Å². The Kier molecular flexibility index (Phi) is 5.37. The lowest BCUT2D eigenvalue weighted by Crippen LogP contribution is -2.48. The van der Waals surface area contributed by atoms with Crippen molar-refractivity contribution >= 4 is 11.6 Å². The summed E-state index contributed by atoms with van der Waals surface area (Å²) < 4.78 is 0. The summed E-state index contributed by atoms with van der Waals surface area (Å²) in [4.78, 5) is 14.5.